The molecule has 19 heavy (non-hydrogen) atoms. The first-order chi connectivity index (χ1) is 8.83. The molecule has 1 saturated heterocycles. The van der Waals surface area contributed by atoms with Gasteiger partial charge in [0, 0.05) is 13.1 Å². The number of aliphatic carboxylic acids is 2. The van der Waals surface area contributed by atoms with E-state index in [1.165, 1.54) is 5.06 Å². The number of carbonyl (C=O) groups is 3. The fraction of sp³-hybridized carbons (Fsp3) is 0.727. The first-order valence-corrected chi connectivity index (χ1v) is 5.97. The molecule has 0 spiro atoms. The molecule has 1 fully saturated rings. The van der Waals surface area contributed by atoms with Crippen molar-refractivity contribution in [1.29, 1.82) is 0 Å². The number of nitrogens with zero attached hydrogens (tertiary/aromatic N) is 1. The van der Waals surface area contributed by atoms with Crippen LogP contribution in [0.1, 0.15) is 32.1 Å². The van der Waals surface area contributed by atoms with Crippen LogP contribution in [0, 0.1) is 0 Å². The maximum atomic E-state index is 11.5. The quantitative estimate of drug-likeness (QED) is 0.598. The number of rotatable bonds is 6. The molecule has 1 unspecified atom stereocenters. The lowest BCUT2D eigenvalue weighted by Gasteiger charge is -2.26. The first kappa shape index (κ1) is 15.4. The van der Waals surface area contributed by atoms with Gasteiger partial charge >= 0.3 is 17.9 Å². The molecule has 0 aromatic rings. The summed E-state index contributed by atoms with van der Waals surface area (Å²) in [4.78, 5) is 37.8. The Morgan fingerprint density at radius 1 is 1.05 bits per heavy atom. The van der Waals surface area contributed by atoms with Gasteiger partial charge in [0.15, 0.2) is 5.60 Å². The van der Waals surface area contributed by atoms with Gasteiger partial charge in [-0.25, -0.2) is 4.79 Å². The van der Waals surface area contributed by atoms with Crippen LogP contribution in [0.4, 0.5) is 0 Å². The SMILES string of the molecule is O=C(O)CC(O)(CC(=O)ON1CCCCC1)C(=O)O. The third-order valence-electron chi connectivity index (χ3n) is 2.82. The number of carbonyl (C=O) groups excluding carboxylic acids is 1. The van der Waals surface area contributed by atoms with Gasteiger partial charge in [0.1, 0.15) is 0 Å². The Hall–Kier alpha value is -1.67. The maximum absolute atomic E-state index is 11.5. The van der Waals surface area contributed by atoms with E-state index in [9.17, 15) is 19.5 Å². The minimum atomic E-state index is -2.64. The summed E-state index contributed by atoms with van der Waals surface area (Å²) in [7, 11) is 0. The van der Waals surface area contributed by atoms with E-state index in [4.69, 9.17) is 15.1 Å². The molecule has 0 radical (unpaired) electrons. The summed E-state index contributed by atoms with van der Waals surface area (Å²) >= 11 is 0. The second-order valence-electron chi connectivity index (χ2n) is 4.54. The van der Waals surface area contributed by atoms with E-state index in [1.54, 1.807) is 0 Å². The summed E-state index contributed by atoms with van der Waals surface area (Å²) in [6.45, 7) is 1.10. The molecule has 108 valence electrons. The van der Waals surface area contributed by atoms with Gasteiger partial charge in [0.25, 0.3) is 0 Å². The van der Waals surface area contributed by atoms with Gasteiger partial charge in [0.05, 0.1) is 12.8 Å². The maximum Gasteiger partial charge on any atom is 0.336 e. The zero-order valence-corrected chi connectivity index (χ0v) is 10.4. The molecular formula is C11H17NO7. The van der Waals surface area contributed by atoms with E-state index in [0.29, 0.717) is 13.1 Å². The van der Waals surface area contributed by atoms with Crippen LogP contribution in [0.25, 0.3) is 0 Å². The molecule has 1 aliphatic rings. The lowest BCUT2D eigenvalue weighted by Crippen LogP contribution is -2.44. The highest BCUT2D eigenvalue weighted by Gasteiger charge is 2.41. The van der Waals surface area contributed by atoms with Crippen LogP contribution in [-0.2, 0) is 19.2 Å². The molecule has 0 aliphatic carbocycles. The van der Waals surface area contributed by atoms with Gasteiger partial charge in [0.2, 0.25) is 0 Å². The summed E-state index contributed by atoms with van der Waals surface area (Å²) in [6.07, 6.45) is 0.811. The number of aliphatic hydroxyl groups is 1. The third-order valence-corrected chi connectivity index (χ3v) is 2.82. The molecule has 1 aliphatic heterocycles. The highest BCUT2D eigenvalue weighted by molar-refractivity contribution is 5.88. The van der Waals surface area contributed by atoms with Gasteiger partial charge < -0.3 is 20.2 Å². The lowest BCUT2D eigenvalue weighted by atomic mass is 9.96. The Bertz CT molecular complexity index is 364. The molecule has 1 heterocycles. The van der Waals surface area contributed by atoms with Gasteiger partial charge in [-0.2, -0.15) is 0 Å². The van der Waals surface area contributed by atoms with Gasteiger partial charge in [-0.1, -0.05) is 6.42 Å². The highest BCUT2D eigenvalue weighted by atomic mass is 16.7. The Labute approximate surface area is 109 Å². The van der Waals surface area contributed by atoms with E-state index < -0.39 is 36.4 Å². The largest absolute Gasteiger partial charge is 0.481 e. The van der Waals surface area contributed by atoms with Crippen molar-refractivity contribution in [3.05, 3.63) is 0 Å². The summed E-state index contributed by atoms with van der Waals surface area (Å²) in [6, 6.07) is 0. The molecule has 0 saturated carbocycles. The van der Waals surface area contributed by atoms with Crippen LogP contribution in [0.15, 0.2) is 0 Å². The average Bonchev–Trinajstić information content (AvgIpc) is 2.28. The number of carboxylic acid groups (broad SMARTS) is 2. The summed E-state index contributed by atoms with van der Waals surface area (Å²) < 4.78 is 0. The highest BCUT2D eigenvalue weighted by Crippen LogP contribution is 2.18. The van der Waals surface area contributed by atoms with Crippen LogP contribution in [-0.4, -0.2) is 57.0 Å². The van der Waals surface area contributed by atoms with Crippen LogP contribution in [0.3, 0.4) is 0 Å². The Morgan fingerprint density at radius 2 is 1.63 bits per heavy atom. The van der Waals surface area contributed by atoms with Crippen molar-refractivity contribution in [2.75, 3.05) is 13.1 Å². The predicted octanol–water partition coefficient (Wildman–Crippen LogP) is -0.389. The van der Waals surface area contributed by atoms with E-state index in [1.807, 2.05) is 0 Å². The number of hydrogen-bond donors (Lipinski definition) is 3. The molecule has 1 rings (SSSR count). The Morgan fingerprint density at radius 3 is 2.11 bits per heavy atom. The average molecular weight is 275 g/mol. The zero-order chi connectivity index (χ0) is 14.5. The van der Waals surface area contributed by atoms with Crippen molar-refractivity contribution >= 4 is 17.9 Å². The van der Waals surface area contributed by atoms with Crippen molar-refractivity contribution in [3.63, 3.8) is 0 Å². The molecular weight excluding hydrogens is 258 g/mol. The smallest absolute Gasteiger partial charge is 0.336 e. The second-order valence-corrected chi connectivity index (χ2v) is 4.54. The molecule has 1 atom stereocenters. The van der Waals surface area contributed by atoms with E-state index in [2.05, 4.69) is 0 Å². The van der Waals surface area contributed by atoms with Crippen molar-refractivity contribution in [3.8, 4) is 0 Å². The second kappa shape index (κ2) is 6.48. The number of hydrogen-bond acceptors (Lipinski definition) is 6. The zero-order valence-electron chi connectivity index (χ0n) is 10.4. The van der Waals surface area contributed by atoms with Gasteiger partial charge in [-0.3, -0.25) is 9.59 Å². The summed E-state index contributed by atoms with van der Waals surface area (Å²) in [5.74, 6) is -4.21. The minimum Gasteiger partial charge on any atom is -0.481 e. The fourth-order valence-corrected chi connectivity index (χ4v) is 1.84. The topological polar surface area (TPSA) is 124 Å². The van der Waals surface area contributed by atoms with E-state index in [-0.39, 0.29) is 0 Å². The normalized spacial score (nSPS) is 19.4. The molecule has 3 N–H and O–H groups in total. The van der Waals surface area contributed by atoms with Crippen LogP contribution < -0.4 is 0 Å². The predicted molar refractivity (Wildman–Crippen MR) is 61.0 cm³/mol. The number of carboxylic acids is 2. The molecule has 0 aromatic heterocycles. The Balaban J connectivity index is 2.55. The van der Waals surface area contributed by atoms with Crippen molar-refractivity contribution < 1.29 is 34.5 Å². The van der Waals surface area contributed by atoms with E-state index in [0.717, 1.165) is 19.3 Å². The fourth-order valence-electron chi connectivity index (χ4n) is 1.84. The van der Waals surface area contributed by atoms with Crippen LogP contribution in [0.5, 0.6) is 0 Å². The first-order valence-electron chi connectivity index (χ1n) is 5.97. The van der Waals surface area contributed by atoms with E-state index >= 15 is 0 Å². The van der Waals surface area contributed by atoms with Gasteiger partial charge in [-0.15, -0.1) is 5.06 Å². The number of hydroxylamine groups is 2. The standard InChI is InChI=1S/C11H17NO7/c13-8(14)6-11(18,10(16)17)7-9(15)19-12-4-2-1-3-5-12/h18H,1-7H2,(H,13,14)(H,16,17). The molecule has 0 aromatic carbocycles. The van der Waals surface area contributed by atoms with Crippen molar-refractivity contribution in [1.82, 2.24) is 5.06 Å². The van der Waals surface area contributed by atoms with Crippen molar-refractivity contribution in [2.24, 2.45) is 0 Å². The van der Waals surface area contributed by atoms with Crippen LogP contribution >= 0.6 is 0 Å². The monoisotopic (exact) mass is 275 g/mol. The van der Waals surface area contributed by atoms with Crippen LogP contribution in [0.2, 0.25) is 0 Å². The molecule has 0 amide bonds. The molecule has 8 nitrogen and oxygen atoms in total. The lowest BCUT2D eigenvalue weighted by molar-refractivity contribution is -0.202. The minimum absolute atomic E-state index is 0.552. The summed E-state index contributed by atoms with van der Waals surface area (Å²) in [5, 5.41) is 28.4. The third kappa shape index (κ3) is 4.84. The molecule has 0 bridgehead atoms. The number of piperidine rings is 1. The summed E-state index contributed by atoms with van der Waals surface area (Å²) in [5.41, 5.74) is -2.64. The van der Waals surface area contributed by atoms with Gasteiger partial charge in [-0.05, 0) is 12.8 Å². The van der Waals surface area contributed by atoms with Crippen molar-refractivity contribution in [2.45, 2.75) is 37.7 Å². The molecule has 8 heteroatoms. The Kier molecular flexibility index (Phi) is 5.25.